The molecule has 4 heteroatoms. The highest BCUT2D eigenvalue weighted by Gasteiger charge is 2.06. The van der Waals surface area contributed by atoms with Crippen LogP contribution in [-0.4, -0.2) is 12.2 Å². The molecule has 0 amide bonds. The van der Waals surface area contributed by atoms with Crippen molar-refractivity contribution >= 4 is 31.9 Å². The second-order valence-corrected chi connectivity index (χ2v) is 6.48. The molecule has 0 fully saturated rings. The number of hydrogen-bond donors (Lipinski definition) is 1. The summed E-state index contributed by atoms with van der Waals surface area (Å²) in [6.45, 7) is 2.07. The lowest BCUT2D eigenvalue weighted by Gasteiger charge is -2.08. The summed E-state index contributed by atoms with van der Waals surface area (Å²) in [6.07, 6.45) is 1.84. The maximum absolute atomic E-state index is 9.71. The second kappa shape index (κ2) is 6.64. The SMILES string of the molecule is COc1cc(C)cc(CCc2cc(Br)c(O)c(Br)c2)c1. The van der Waals surface area contributed by atoms with E-state index in [1.807, 2.05) is 18.2 Å². The zero-order valence-corrected chi connectivity index (χ0v) is 14.6. The van der Waals surface area contributed by atoms with Crippen LogP contribution < -0.4 is 4.74 Å². The highest BCUT2D eigenvalue weighted by atomic mass is 79.9. The van der Waals surface area contributed by atoms with Gasteiger partial charge in [-0.2, -0.15) is 0 Å². The standard InChI is InChI=1S/C16H16Br2O2/c1-10-5-11(7-13(6-10)20-2)3-4-12-8-14(17)16(19)15(18)9-12/h5-9,19H,3-4H2,1-2H3. The van der Waals surface area contributed by atoms with Gasteiger partial charge in [0.15, 0.2) is 0 Å². The summed E-state index contributed by atoms with van der Waals surface area (Å²) in [6, 6.07) is 10.2. The van der Waals surface area contributed by atoms with Gasteiger partial charge in [0.25, 0.3) is 0 Å². The van der Waals surface area contributed by atoms with E-state index in [1.54, 1.807) is 7.11 Å². The summed E-state index contributed by atoms with van der Waals surface area (Å²) in [5.74, 6) is 1.14. The molecular formula is C16H16Br2O2. The molecule has 2 aromatic rings. The number of aromatic hydroxyl groups is 1. The number of halogens is 2. The normalized spacial score (nSPS) is 10.6. The molecule has 0 spiro atoms. The van der Waals surface area contributed by atoms with Gasteiger partial charge in [-0.25, -0.2) is 0 Å². The van der Waals surface area contributed by atoms with Crippen molar-refractivity contribution in [3.8, 4) is 11.5 Å². The van der Waals surface area contributed by atoms with E-state index >= 15 is 0 Å². The third-order valence-corrected chi connectivity index (χ3v) is 4.33. The summed E-state index contributed by atoms with van der Waals surface area (Å²) in [7, 11) is 1.69. The third kappa shape index (κ3) is 3.76. The Hall–Kier alpha value is -1.00. The van der Waals surface area contributed by atoms with Crippen molar-refractivity contribution in [3.05, 3.63) is 56.0 Å². The van der Waals surface area contributed by atoms with Crippen LogP contribution in [0.5, 0.6) is 11.5 Å². The van der Waals surface area contributed by atoms with Gasteiger partial charge >= 0.3 is 0 Å². The Morgan fingerprint density at radius 2 is 1.50 bits per heavy atom. The Balaban J connectivity index is 2.14. The first kappa shape index (κ1) is 15.4. The number of phenols is 1. The number of benzene rings is 2. The minimum absolute atomic E-state index is 0.242. The Bertz CT molecular complexity index is 601. The van der Waals surface area contributed by atoms with E-state index in [2.05, 4.69) is 50.9 Å². The predicted octanol–water partition coefficient (Wildman–Crippen LogP) is 5.02. The van der Waals surface area contributed by atoms with Crippen molar-refractivity contribution in [1.82, 2.24) is 0 Å². The van der Waals surface area contributed by atoms with Gasteiger partial charge in [-0.05, 0) is 92.6 Å². The minimum Gasteiger partial charge on any atom is -0.506 e. The Morgan fingerprint density at radius 1 is 0.950 bits per heavy atom. The van der Waals surface area contributed by atoms with Crippen molar-refractivity contribution in [3.63, 3.8) is 0 Å². The van der Waals surface area contributed by atoms with Crippen molar-refractivity contribution in [2.24, 2.45) is 0 Å². The van der Waals surface area contributed by atoms with Gasteiger partial charge in [-0.3, -0.25) is 0 Å². The van der Waals surface area contributed by atoms with Crippen molar-refractivity contribution in [2.45, 2.75) is 19.8 Å². The lowest BCUT2D eigenvalue weighted by molar-refractivity contribution is 0.414. The molecule has 0 heterocycles. The summed E-state index contributed by atoms with van der Waals surface area (Å²) in [5.41, 5.74) is 3.62. The van der Waals surface area contributed by atoms with E-state index in [0.29, 0.717) is 8.95 Å². The molecule has 20 heavy (non-hydrogen) atoms. The minimum atomic E-state index is 0.242. The van der Waals surface area contributed by atoms with Gasteiger partial charge in [0.1, 0.15) is 11.5 Å². The van der Waals surface area contributed by atoms with Crippen LogP contribution in [0.1, 0.15) is 16.7 Å². The van der Waals surface area contributed by atoms with Crippen LogP contribution in [0.25, 0.3) is 0 Å². The predicted molar refractivity (Wildman–Crippen MR) is 88.6 cm³/mol. The Morgan fingerprint density at radius 3 is 2.05 bits per heavy atom. The number of rotatable bonds is 4. The van der Waals surface area contributed by atoms with Crippen LogP contribution in [0.15, 0.2) is 39.3 Å². The Labute approximate surface area is 136 Å². The van der Waals surface area contributed by atoms with E-state index in [0.717, 1.165) is 18.6 Å². The van der Waals surface area contributed by atoms with Gasteiger partial charge in [0.05, 0.1) is 16.1 Å². The largest absolute Gasteiger partial charge is 0.506 e. The number of methoxy groups -OCH3 is 1. The van der Waals surface area contributed by atoms with E-state index < -0.39 is 0 Å². The second-order valence-electron chi connectivity index (χ2n) is 4.77. The number of phenolic OH excluding ortho intramolecular Hbond substituents is 1. The van der Waals surface area contributed by atoms with Gasteiger partial charge < -0.3 is 9.84 Å². The molecule has 0 bridgehead atoms. The summed E-state index contributed by atoms with van der Waals surface area (Å²) in [5, 5.41) is 9.71. The molecule has 0 unspecified atom stereocenters. The number of aryl methyl sites for hydroxylation is 3. The molecule has 0 radical (unpaired) electrons. The zero-order valence-electron chi connectivity index (χ0n) is 11.4. The van der Waals surface area contributed by atoms with E-state index in [4.69, 9.17) is 4.74 Å². The third-order valence-electron chi connectivity index (χ3n) is 3.13. The molecule has 1 N–H and O–H groups in total. The molecular weight excluding hydrogens is 384 g/mol. The zero-order chi connectivity index (χ0) is 14.7. The first-order valence-electron chi connectivity index (χ1n) is 6.31. The van der Waals surface area contributed by atoms with E-state index in [9.17, 15) is 5.11 Å². The molecule has 0 aliphatic carbocycles. The van der Waals surface area contributed by atoms with Gasteiger partial charge in [0.2, 0.25) is 0 Å². The van der Waals surface area contributed by atoms with E-state index in [-0.39, 0.29) is 5.75 Å². The first-order chi connectivity index (χ1) is 9.49. The summed E-state index contributed by atoms with van der Waals surface area (Å²) >= 11 is 6.72. The molecule has 2 rings (SSSR count). The fourth-order valence-corrected chi connectivity index (χ4v) is 3.42. The van der Waals surface area contributed by atoms with E-state index in [1.165, 1.54) is 16.7 Å². The van der Waals surface area contributed by atoms with Crippen LogP contribution in [-0.2, 0) is 12.8 Å². The maximum atomic E-state index is 9.71. The van der Waals surface area contributed by atoms with Crippen LogP contribution in [0.4, 0.5) is 0 Å². The average molecular weight is 400 g/mol. The fraction of sp³-hybridized carbons (Fsp3) is 0.250. The number of hydrogen-bond acceptors (Lipinski definition) is 2. The lowest BCUT2D eigenvalue weighted by atomic mass is 10.0. The highest BCUT2D eigenvalue weighted by Crippen LogP contribution is 2.33. The van der Waals surface area contributed by atoms with Gasteiger partial charge in [-0.1, -0.05) is 6.07 Å². The highest BCUT2D eigenvalue weighted by molar-refractivity contribution is 9.11. The van der Waals surface area contributed by atoms with Crippen molar-refractivity contribution in [1.29, 1.82) is 0 Å². The van der Waals surface area contributed by atoms with Crippen LogP contribution >= 0.6 is 31.9 Å². The van der Waals surface area contributed by atoms with Crippen molar-refractivity contribution < 1.29 is 9.84 Å². The molecule has 0 atom stereocenters. The first-order valence-corrected chi connectivity index (χ1v) is 7.89. The molecule has 0 aliphatic heterocycles. The Kier molecular flexibility index (Phi) is 5.11. The lowest BCUT2D eigenvalue weighted by Crippen LogP contribution is -1.94. The van der Waals surface area contributed by atoms with Gasteiger partial charge in [0, 0.05) is 0 Å². The molecule has 0 saturated heterocycles. The van der Waals surface area contributed by atoms with Gasteiger partial charge in [-0.15, -0.1) is 0 Å². The molecule has 0 aromatic heterocycles. The van der Waals surface area contributed by atoms with Crippen LogP contribution in [0, 0.1) is 6.92 Å². The number of ether oxygens (including phenoxy) is 1. The van der Waals surface area contributed by atoms with Crippen LogP contribution in [0.2, 0.25) is 0 Å². The summed E-state index contributed by atoms with van der Waals surface area (Å²) < 4.78 is 6.72. The molecule has 106 valence electrons. The molecule has 2 nitrogen and oxygen atoms in total. The molecule has 0 saturated carbocycles. The molecule has 0 aliphatic rings. The fourth-order valence-electron chi connectivity index (χ4n) is 2.14. The molecule has 2 aromatic carbocycles. The van der Waals surface area contributed by atoms with Crippen LogP contribution in [0.3, 0.4) is 0 Å². The summed E-state index contributed by atoms with van der Waals surface area (Å²) in [4.78, 5) is 0. The maximum Gasteiger partial charge on any atom is 0.143 e. The monoisotopic (exact) mass is 398 g/mol. The average Bonchev–Trinajstić information content (AvgIpc) is 2.41. The van der Waals surface area contributed by atoms with Crippen molar-refractivity contribution in [2.75, 3.05) is 7.11 Å². The quantitative estimate of drug-likeness (QED) is 0.781. The smallest absolute Gasteiger partial charge is 0.143 e. The topological polar surface area (TPSA) is 29.5 Å².